The Kier molecular flexibility index (Phi) is 2.73. The first-order valence-electron chi connectivity index (χ1n) is 4.39. The third kappa shape index (κ3) is 1.87. The van der Waals surface area contributed by atoms with E-state index in [-0.39, 0.29) is 5.75 Å². The van der Waals surface area contributed by atoms with Gasteiger partial charge in [-0.1, -0.05) is 21.1 Å². The van der Waals surface area contributed by atoms with Crippen LogP contribution in [0.25, 0.3) is 11.5 Å². The number of aryl methyl sites for hydroxylation is 1. The Morgan fingerprint density at radius 1 is 1.47 bits per heavy atom. The molecule has 0 aliphatic carbocycles. The number of nitrogens with zero attached hydrogens (tertiary/aromatic N) is 2. The quantitative estimate of drug-likeness (QED) is 0.851. The average molecular weight is 269 g/mol. The van der Waals surface area contributed by atoms with Crippen molar-refractivity contribution in [2.45, 2.75) is 12.3 Å². The molecule has 2 rings (SSSR count). The van der Waals surface area contributed by atoms with Gasteiger partial charge in [-0.05, 0) is 19.1 Å². The largest absolute Gasteiger partial charge is 0.506 e. The normalized spacial score (nSPS) is 10.5. The minimum absolute atomic E-state index is 0.135. The van der Waals surface area contributed by atoms with Crippen LogP contribution in [0.1, 0.15) is 11.3 Å². The average Bonchev–Trinajstić information content (AvgIpc) is 2.61. The van der Waals surface area contributed by atoms with Crippen LogP contribution in [0.3, 0.4) is 0 Å². The molecule has 0 amide bonds. The maximum Gasteiger partial charge on any atom is 0.189 e. The first-order chi connectivity index (χ1) is 7.22. The summed E-state index contributed by atoms with van der Waals surface area (Å²) in [4.78, 5) is 4.07. The standard InChI is InChI=1S/C10H9BrN2O2/c1-6-8(4-11)10(15-13-6)9-3-2-7(14)5-12-9/h2-3,5,14H,4H2,1H3. The molecule has 0 spiro atoms. The van der Waals surface area contributed by atoms with Crippen LogP contribution < -0.4 is 0 Å². The van der Waals surface area contributed by atoms with Gasteiger partial charge in [0.25, 0.3) is 0 Å². The van der Waals surface area contributed by atoms with E-state index in [9.17, 15) is 0 Å². The van der Waals surface area contributed by atoms with Crippen molar-refractivity contribution in [3.63, 3.8) is 0 Å². The number of halogens is 1. The Labute approximate surface area is 95.1 Å². The number of hydrogen-bond acceptors (Lipinski definition) is 4. The number of pyridine rings is 1. The number of alkyl halides is 1. The van der Waals surface area contributed by atoms with Gasteiger partial charge >= 0.3 is 0 Å². The van der Waals surface area contributed by atoms with Gasteiger partial charge in [0.1, 0.15) is 11.4 Å². The molecule has 4 nitrogen and oxygen atoms in total. The fraction of sp³-hybridized carbons (Fsp3) is 0.200. The van der Waals surface area contributed by atoms with Gasteiger partial charge < -0.3 is 9.63 Å². The zero-order valence-electron chi connectivity index (χ0n) is 8.07. The third-order valence-electron chi connectivity index (χ3n) is 2.10. The van der Waals surface area contributed by atoms with Crippen molar-refractivity contribution in [2.24, 2.45) is 0 Å². The molecule has 0 saturated carbocycles. The summed E-state index contributed by atoms with van der Waals surface area (Å²) < 4.78 is 5.19. The summed E-state index contributed by atoms with van der Waals surface area (Å²) in [7, 11) is 0. The highest BCUT2D eigenvalue weighted by Gasteiger charge is 2.14. The van der Waals surface area contributed by atoms with Crippen LogP contribution in [-0.4, -0.2) is 15.2 Å². The highest BCUT2D eigenvalue weighted by atomic mass is 79.9. The van der Waals surface area contributed by atoms with Crippen molar-refractivity contribution in [3.8, 4) is 17.2 Å². The number of aromatic hydroxyl groups is 1. The maximum atomic E-state index is 9.12. The molecule has 5 heteroatoms. The molecule has 2 aromatic heterocycles. The van der Waals surface area contributed by atoms with Crippen molar-refractivity contribution >= 4 is 15.9 Å². The molecule has 1 N–H and O–H groups in total. The molecule has 15 heavy (non-hydrogen) atoms. The molecule has 78 valence electrons. The van der Waals surface area contributed by atoms with E-state index in [1.165, 1.54) is 6.20 Å². The lowest BCUT2D eigenvalue weighted by atomic mass is 10.2. The maximum absolute atomic E-state index is 9.12. The molecular weight excluding hydrogens is 260 g/mol. The Balaban J connectivity index is 2.49. The summed E-state index contributed by atoms with van der Waals surface area (Å²) in [6.07, 6.45) is 1.38. The monoisotopic (exact) mass is 268 g/mol. The second-order valence-electron chi connectivity index (χ2n) is 3.11. The summed E-state index contributed by atoms with van der Waals surface area (Å²) in [5.74, 6) is 0.778. The molecule has 2 aromatic rings. The van der Waals surface area contributed by atoms with Crippen molar-refractivity contribution < 1.29 is 9.63 Å². The van der Waals surface area contributed by atoms with Crippen molar-refractivity contribution in [1.29, 1.82) is 0 Å². The highest BCUT2D eigenvalue weighted by molar-refractivity contribution is 9.08. The summed E-state index contributed by atoms with van der Waals surface area (Å²) >= 11 is 3.37. The van der Waals surface area contributed by atoms with E-state index in [4.69, 9.17) is 9.63 Å². The van der Waals surface area contributed by atoms with E-state index in [0.717, 1.165) is 11.3 Å². The summed E-state index contributed by atoms with van der Waals surface area (Å²) in [5, 5.41) is 13.7. The Morgan fingerprint density at radius 2 is 2.27 bits per heavy atom. The first-order valence-corrected chi connectivity index (χ1v) is 5.51. The lowest BCUT2D eigenvalue weighted by Crippen LogP contribution is -1.85. The minimum Gasteiger partial charge on any atom is -0.506 e. The van der Waals surface area contributed by atoms with Gasteiger partial charge in [-0.2, -0.15) is 0 Å². The van der Waals surface area contributed by atoms with E-state index in [1.807, 2.05) is 6.92 Å². The van der Waals surface area contributed by atoms with Crippen molar-refractivity contribution in [2.75, 3.05) is 0 Å². The van der Waals surface area contributed by atoms with Crippen LogP contribution in [0, 0.1) is 6.92 Å². The fourth-order valence-electron chi connectivity index (χ4n) is 1.27. The van der Waals surface area contributed by atoms with Gasteiger partial charge in [-0.3, -0.25) is 0 Å². The predicted octanol–water partition coefficient (Wildman–Crippen LogP) is 2.65. The zero-order valence-corrected chi connectivity index (χ0v) is 9.65. The molecule has 0 radical (unpaired) electrons. The third-order valence-corrected chi connectivity index (χ3v) is 2.66. The topological polar surface area (TPSA) is 59.2 Å². The van der Waals surface area contributed by atoms with E-state index < -0.39 is 0 Å². The van der Waals surface area contributed by atoms with Gasteiger partial charge in [0.2, 0.25) is 0 Å². The molecule has 0 aliphatic heterocycles. The van der Waals surface area contributed by atoms with Crippen LogP contribution in [0.5, 0.6) is 5.75 Å². The minimum atomic E-state index is 0.135. The first kappa shape index (κ1) is 10.2. The zero-order chi connectivity index (χ0) is 10.8. The molecule has 0 aliphatic rings. The van der Waals surface area contributed by atoms with Crippen LogP contribution in [0.4, 0.5) is 0 Å². The van der Waals surface area contributed by atoms with Crippen molar-refractivity contribution in [3.05, 3.63) is 29.6 Å². The van der Waals surface area contributed by atoms with Gasteiger partial charge in [0, 0.05) is 10.9 Å². The highest BCUT2D eigenvalue weighted by Crippen LogP contribution is 2.26. The van der Waals surface area contributed by atoms with Crippen LogP contribution in [0.15, 0.2) is 22.9 Å². The molecule has 0 unspecified atom stereocenters. The Hall–Kier alpha value is -1.36. The summed E-state index contributed by atoms with van der Waals surface area (Å²) in [6, 6.07) is 3.26. The number of rotatable bonds is 2. The predicted molar refractivity (Wildman–Crippen MR) is 58.8 cm³/mol. The molecule has 0 atom stereocenters. The van der Waals surface area contributed by atoms with Gasteiger partial charge in [-0.15, -0.1) is 0 Å². The fourth-order valence-corrected chi connectivity index (χ4v) is 1.93. The lowest BCUT2D eigenvalue weighted by molar-refractivity contribution is 0.425. The number of aromatic nitrogens is 2. The summed E-state index contributed by atoms with van der Waals surface area (Å²) in [6.45, 7) is 1.88. The second kappa shape index (κ2) is 4.02. The van der Waals surface area contributed by atoms with Crippen LogP contribution in [0.2, 0.25) is 0 Å². The van der Waals surface area contributed by atoms with Gasteiger partial charge in [0.05, 0.1) is 11.9 Å². The van der Waals surface area contributed by atoms with Crippen LogP contribution >= 0.6 is 15.9 Å². The molecule has 2 heterocycles. The second-order valence-corrected chi connectivity index (χ2v) is 3.67. The van der Waals surface area contributed by atoms with E-state index >= 15 is 0 Å². The van der Waals surface area contributed by atoms with Gasteiger partial charge in [-0.25, -0.2) is 4.98 Å². The Morgan fingerprint density at radius 3 is 2.87 bits per heavy atom. The molecule has 0 fully saturated rings. The van der Waals surface area contributed by atoms with E-state index in [2.05, 4.69) is 26.1 Å². The molecular formula is C10H9BrN2O2. The lowest BCUT2D eigenvalue weighted by Gasteiger charge is -1.98. The van der Waals surface area contributed by atoms with Gasteiger partial charge in [0.15, 0.2) is 5.76 Å². The molecule has 0 bridgehead atoms. The van der Waals surface area contributed by atoms with E-state index in [1.54, 1.807) is 12.1 Å². The van der Waals surface area contributed by atoms with Crippen molar-refractivity contribution in [1.82, 2.24) is 10.1 Å². The SMILES string of the molecule is Cc1noc(-c2ccc(O)cn2)c1CBr. The summed E-state index contributed by atoms with van der Waals surface area (Å²) in [5.41, 5.74) is 2.49. The number of hydrogen-bond donors (Lipinski definition) is 1. The molecule has 0 aromatic carbocycles. The Bertz CT molecular complexity index is 465. The van der Waals surface area contributed by atoms with Crippen LogP contribution in [-0.2, 0) is 5.33 Å². The van der Waals surface area contributed by atoms with E-state index in [0.29, 0.717) is 16.8 Å². The molecule has 0 saturated heterocycles. The smallest absolute Gasteiger partial charge is 0.189 e.